The van der Waals surface area contributed by atoms with Crippen molar-refractivity contribution < 1.29 is 22.0 Å². The van der Waals surface area contributed by atoms with Gasteiger partial charge in [0.05, 0.1) is 34.4 Å². The SMILES string of the molecule is CNCc1c(-c2ccc[nH]c2=O)oc2cc(N(C)S(C)(=O)=O)c(-c3ccc4c(n3)-c3cc5c(F)cccc5n3CO4)cc12. The Bertz CT molecular complexity index is 2250. The van der Waals surface area contributed by atoms with E-state index in [1.54, 1.807) is 55.7 Å². The van der Waals surface area contributed by atoms with Gasteiger partial charge in [-0.25, -0.2) is 17.8 Å². The molecule has 5 heterocycles. The molecule has 0 fully saturated rings. The molecule has 0 atom stereocenters. The van der Waals surface area contributed by atoms with E-state index in [1.807, 2.05) is 16.7 Å². The molecule has 0 bridgehead atoms. The maximum Gasteiger partial charge on any atom is 0.258 e. The molecule has 10 nitrogen and oxygen atoms in total. The Labute approximate surface area is 245 Å². The lowest BCUT2D eigenvalue weighted by atomic mass is 10.0. The van der Waals surface area contributed by atoms with Crippen LogP contribution in [0.25, 0.3) is 55.8 Å². The number of sulfonamides is 1. The largest absolute Gasteiger partial charge is 0.470 e. The first-order valence-corrected chi connectivity index (χ1v) is 15.3. The van der Waals surface area contributed by atoms with Gasteiger partial charge >= 0.3 is 0 Å². The zero-order valence-corrected chi connectivity index (χ0v) is 24.3. The summed E-state index contributed by atoms with van der Waals surface area (Å²) in [6.07, 6.45) is 2.66. The van der Waals surface area contributed by atoms with Crippen molar-refractivity contribution in [3.05, 3.63) is 88.6 Å². The van der Waals surface area contributed by atoms with Gasteiger partial charge in [0, 0.05) is 47.8 Å². The molecular weight excluding hydrogens is 573 g/mol. The third kappa shape index (κ3) is 4.29. The van der Waals surface area contributed by atoms with Crippen molar-refractivity contribution in [2.24, 2.45) is 0 Å². The molecule has 0 aliphatic carbocycles. The molecule has 1 aliphatic rings. The van der Waals surface area contributed by atoms with Gasteiger partial charge in [-0.3, -0.25) is 9.10 Å². The average molecular weight is 600 g/mol. The van der Waals surface area contributed by atoms with Crippen LogP contribution in [0.3, 0.4) is 0 Å². The van der Waals surface area contributed by atoms with Crippen LogP contribution in [-0.4, -0.2) is 43.3 Å². The third-order valence-electron chi connectivity index (χ3n) is 7.78. The van der Waals surface area contributed by atoms with E-state index in [0.29, 0.717) is 73.8 Å². The number of rotatable bonds is 6. The van der Waals surface area contributed by atoms with Gasteiger partial charge in [-0.05, 0) is 55.6 Å². The number of nitrogens with zero attached hydrogens (tertiary/aromatic N) is 3. The Kier molecular flexibility index (Phi) is 6.15. The Balaban J connectivity index is 1.49. The summed E-state index contributed by atoms with van der Waals surface area (Å²) in [7, 11) is -0.440. The number of nitrogens with one attached hydrogen (secondary N) is 2. The minimum absolute atomic E-state index is 0.203. The second-order valence-electron chi connectivity index (χ2n) is 10.4. The molecule has 43 heavy (non-hydrogen) atoms. The van der Waals surface area contributed by atoms with Crippen LogP contribution in [0.1, 0.15) is 5.56 Å². The van der Waals surface area contributed by atoms with Gasteiger partial charge in [0.15, 0.2) is 6.73 Å². The maximum absolute atomic E-state index is 14.7. The summed E-state index contributed by atoms with van der Waals surface area (Å²) in [5.74, 6) is 0.572. The number of hydrogen-bond donors (Lipinski definition) is 2. The first kappa shape index (κ1) is 26.9. The summed E-state index contributed by atoms with van der Waals surface area (Å²) >= 11 is 0. The predicted octanol–water partition coefficient (Wildman–Crippen LogP) is 5.08. The van der Waals surface area contributed by atoms with Crippen molar-refractivity contribution in [3.8, 4) is 39.7 Å². The standard InChI is InChI=1S/C31H26FN5O5S/c1-33-15-21-18-12-20(25(36(2)43(3,39)40)14-28(18)42-30(21)17-6-5-11-34-31(17)38)23-9-10-27-29(35-23)26-13-19-22(32)7-4-8-24(19)37(26)16-41-27/h4-14,33H,15-16H2,1-3H3,(H,34,38). The summed E-state index contributed by atoms with van der Waals surface area (Å²) in [4.78, 5) is 20.3. The van der Waals surface area contributed by atoms with Crippen LogP contribution >= 0.6 is 0 Å². The molecule has 0 amide bonds. The van der Waals surface area contributed by atoms with Crippen LogP contribution in [0.2, 0.25) is 0 Å². The molecule has 7 rings (SSSR count). The van der Waals surface area contributed by atoms with Gasteiger partial charge < -0.3 is 24.0 Å². The van der Waals surface area contributed by atoms with Crippen LogP contribution in [0.15, 0.2) is 76.1 Å². The van der Waals surface area contributed by atoms with Crippen LogP contribution in [-0.2, 0) is 23.3 Å². The molecule has 2 N–H and O–H groups in total. The highest BCUT2D eigenvalue weighted by molar-refractivity contribution is 7.92. The van der Waals surface area contributed by atoms with Gasteiger partial charge in [0.2, 0.25) is 10.0 Å². The van der Waals surface area contributed by atoms with Crippen molar-refractivity contribution in [2.45, 2.75) is 13.3 Å². The molecule has 0 saturated carbocycles. The molecule has 4 aromatic heterocycles. The van der Waals surface area contributed by atoms with Crippen molar-refractivity contribution in [3.63, 3.8) is 0 Å². The van der Waals surface area contributed by atoms with E-state index < -0.39 is 10.0 Å². The number of fused-ring (bicyclic) bond motifs is 6. The Morgan fingerprint density at radius 3 is 2.70 bits per heavy atom. The number of aromatic amines is 1. The smallest absolute Gasteiger partial charge is 0.258 e. The van der Waals surface area contributed by atoms with Crippen LogP contribution < -0.4 is 19.9 Å². The highest BCUT2D eigenvalue weighted by atomic mass is 32.2. The first-order valence-electron chi connectivity index (χ1n) is 13.4. The van der Waals surface area contributed by atoms with Crippen LogP contribution in [0.4, 0.5) is 10.1 Å². The van der Waals surface area contributed by atoms with Crippen LogP contribution in [0.5, 0.6) is 5.75 Å². The number of benzene rings is 2. The highest BCUT2D eigenvalue weighted by Crippen LogP contribution is 2.43. The molecule has 0 unspecified atom stereocenters. The number of furan rings is 1. The molecule has 12 heteroatoms. The van der Waals surface area contributed by atoms with E-state index >= 15 is 0 Å². The average Bonchev–Trinajstić information content (AvgIpc) is 3.55. The number of hydrogen-bond acceptors (Lipinski definition) is 7. The van der Waals surface area contributed by atoms with Crippen LogP contribution in [0, 0.1) is 5.82 Å². The fourth-order valence-electron chi connectivity index (χ4n) is 5.61. The van der Waals surface area contributed by atoms with E-state index in [0.717, 1.165) is 11.8 Å². The monoisotopic (exact) mass is 599 g/mol. The minimum Gasteiger partial charge on any atom is -0.470 e. The van der Waals surface area contributed by atoms with E-state index in [2.05, 4.69) is 10.3 Å². The lowest BCUT2D eigenvalue weighted by molar-refractivity contribution is 0.234. The normalized spacial score (nSPS) is 12.7. The summed E-state index contributed by atoms with van der Waals surface area (Å²) in [6, 6.07) is 17.0. The summed E-state index contributed by atoms with van der Waals surface area (Å²) in [5, 5.41) is 4.29. The molecule has 0 spiro atoms. The van der Waals surface area contributed by atoms with E-state index in [1.165, 1.54) is 17.4 Å². The lowest BCUT2D eigenvalue weighted by Crippen LogP contribution is -2.25. The second kappa shape index (κ2) is 9.82. The Hall–Kier alpha value is -4.94. The molecular formula is C31H26FN5O5S. The summed E-state index contributed by atoms with van der Waals surface area (Å²) in [6.45, 7) is 0.586. The van der Waals surface area contributed by atoms with E-state index in [-0.39, 0.29) is 18.1 Å². The van der Waals surface area contributed by atoms with Crippen molar-refractivity contribution in [2.75, 3.05) is 24.7 Å². The van der Waals surface area contributed by atoms with Crippen molar-refractivity contribution >= 4 is 37.6 Å². The van der Waals surface area contributed by atoms with Gasteiger partial charge in [-0.1, -0.05) is 6.07 Å². The number of H-pyrrole nitrogens is 1. The van der Waals surface area contributed by atoms with Crippen molar-refractivity contribution in [1.82, 2.24) is 19.9 Å². The molecule has 6 aromatic rings. The van der Waals surface area contributed by atoms with Crippen molar-refractivity contribution in [1.29, 1.82) is 0 Å². The van der Waals surface area contributed by atoms with E-state index in [9.17, 15) is 17.6 Å². The topological polar surface area (TPSA) is 122 Å². The Morgan fingerprint density at radius 1 is 1.09 bits per heavy atom. The molecule has 1 aliphatic heterocycles. The molecule has 0 radical (unpaired) electrons. The summed E-state index contributed by atoms with van der Waals surface area (Å²) in [5.41, 5.74) is 4.41. The lowest BCUT2D eigenvalue weighted by Gasteiger charge is -2.23. The number of aromatic nitrogens is 3. The van der Waals surface area contributed by atoms with Gasteiger partial charge in [0.1, 0.15) is 28.6 Å². The van der Waals surface area contributed by atoms with Gasteiger partial charge in [-0.2, -0.15) is 0 Å². The number of pyridine rings is 2. The molecule has 0 saturated heterocycles. The summed E-state index contributed by atoms with van der Waals surface area (Å²) < 4.78 is 55.5. The van der Waals surface area contributed by atoms with Gasteiger partial charge in [0.25, 0.3) is 5.56 Å². The first-order chi connectivity index (χ1) is 20.7. The fourth-order valence-corrected chi connectivity index (χ4v) is 6.12. The second-order valence-corrected chi connectivity index (χ2v) is 12.4. The zero-order chi connectivity index (χ0) is 30.0. The quantitative estimate of drug-likeness (QED) is 0.274. The third-order valence-corrected chi connectivity index (χ3v) is 8.97. The molecule has 2 aromatic carbocycles. The Morgan fingerprint density at radius 2 is 1.93 bits per heavy atom. The predicted molar refractivity (Wildman–Crippen MR) is 163 cm³/mol. The van der Waals surface area contributed by atoms with E-state index in [4.69, 9.17) is 14.1 Å². The number of anilines is 1. The fraction of sp³-hybridized carbons (Fsp3) is 0.161. The highest BCUT2D eigenvalue weighted by Gasteiger charge is 2.27. The van der Waals surface area contributed by atoms with Gasteiger partial charge in [-0.15, -0.1) is 0 Å². The minimum atomic E-state index is -3.69. The maximum atomic E-state index is 14.7. The number of halogens is 1. The zero-order valence-electron chi connectivity index (χ0n) is 23.4. The molecule has 218 valence electrons. The number of ether oxygens (including phenoxy) is 1.